The highest BCUT2D eigenvalue weighted by molar-refractivity contribution is 7.99. The molecule has 2 N–H and O–H groups in total. The van der Waals surface area contributed by atoms with Crippen molar-refractivity contribution >= 4 is 29.3 Å². The van der Waals surface area contributed by atoms with Crippen molar-refractivity contribution in [1.29, 1.82) is 0 Å². The molecule has 5 heteroatoms. The molecule has 2 rings (SSSR count). The molecule has 0 aromatic heterocycles. The second kappa shape index (κ2) is 10.0. The summed E-state index contributed by atoms with van der Waals surface area (Å²) in [7, 11) is 0. The molecule has 2 aromatic rings. The average Bonchev–Trinajstić information content (AvgIpc) is 2.66. The molecular formula is C21H26N2O2S. The number of amides is 2. The monoisotopic (exact) mass is 370 g/mol. The van der Waals surface area contributed by atoms with Gasteiger partial charge < -0.3 is 10.6 Å². The zero-order valence-corrected chi connectivity index (χ0v) is 16.3. The predicted molar refractivity (Wildman–Crippen MR) is 109 cm³/mol. The molecule has 0 saturated carbocycles. The maximum absolute atomic E-state index is 12.2. The lowest BCUT2D eigenvalue weighted by atomic mass is 10.1. The number of hydrogen-bond acceptors (Lipinski definition) is 3. The summed E-state index contributed by atoms with van der Waals surface area (Å²) in [4.78, 5) is 23.9. The minimum atomic E-state index is -0.111. The lowest BCUT2D eigenvalue weighted by Gasteiger charge is -2.13. The van der Waals surface area contributed by atoms with Crippen LogP contribution in [0.25, 0.3) is 0 Å². The lowest BCUT2D eigenvalue weighted by molar-refractivity contribution is -0.120. The molecule has 0 saturated heterocycles. The van der Waals surface area contributed by atoms with Gasteiger partial charge >= 0.3 is 0 Å². The fourth-order valence-corrected chi connectivity index (χ4v) is 3.07. The van der Waals surface area contributed by atoms with E-state index in [0.717, 1.165) is 17.0 Å². The fraction of sp³-hybridized carbons (Fsp3) is 0.333. The number of thioether (sulfide) groups is 1. The first-order valence-corrected chi connectivity index (χ1v) is 9.83. The van der Waals surface area contributed by atoms with E-state index in [4.69, 9.17) is 0 Å². The van der Waals surface area contributed by atoms with Crippen LogP contribution >= 0.6 is 11.8 Å². The van der Waals surface area contributed by atoms with Crippen molar-refractivity contribution in [2.24, 2.45) is 5.92 Å². The van der Waals surface area contributed by atoms with Crippen LogP contribution in [0.5, 0.6) is 0 Å². The molecule has 0 aliphatic carbocycles. The van der Waals surface area contributed by atoms with Crippen molar-refractivity contribution in [3.05, 3.63) is 65.7 Å². The Bertz CT molecular complexity index is 715. The van der Waals surface area contributed by atoms with Crippen LogP contribution in [0.15, 0.2) is 54.6 Å². The van der Waals surface area contributed by atoms with Gasteiger partial charge in [-0.05, 0) is 30.2 Å². The molecule has 1 atom stereocenters. The summed E-state index contributed by atoms with van der Waals surface area (Å²) in [5, 5.41) is 5.71. The summed E-state index contributed by atoms with van der Waals surface area (Å²) in [6.07, 6.45) is 0. The van der Waals surface area contributed by atoms with Gasteiger partial charge in [0.15, 0.2) is 0 Å². The summed E-state index contributed by atoms with van der Waals surface area (Å²) in [5.41, 5.74) is 2.99. The van der Waals surface area contributed by atoms with Crippen LogP contribution in [0.4, 0.5) is 5.69 Å². The molecule has 0 heterocycles. The Labute approximate surface area is 159 Å². The van der Waals surface area contributed by atoms with Gasteiger partial charge in [0.25, 0.3) is 0 Å². The van der Waals surface area contributed by atoms with Crippen LogP contribution in [0, 0.1) is 5.92 Å². The summed E-state index contributed by atoms with van der Waals surface area (Å²) < 4.78 is 0. The number of hydrogen-bond donors (Lipinski definition) is 2. The maximum Gasteiger partial charge on any atom is 0.233 e. The standard InChI is InChI=1S/C21H26N2O2S/c1-15(2)20(24)23-19-11-9-17(10-12-19)13-22-21(25)16(3)26-14-18-7-5-4-6-8-18/h4-12,15-16H,13-14H2,1-3H3,(H,22,25)(H,23,24). The normalized spacial score (nSPS) is 11.8. The molecule has 0 fully saturated rings. The van der Waals surface area contributed by atoms with Crippen molar-refractivity contribution in [1.82, 2.24) is 5.32 Å². The molecule has 0 aliphatic rings. The maximum atomic E-state index is 12.2. The van der Waals surface area contributed by atoms with Crippen molar-refractivity contribution in [2.45, 2.75) is 38.3 Å². The van der Waals surface area contributed by atoms with Crippen molar-refractivity contribution in [3.63, 3.8) is 0 Å². The van der Waals surface area contributed by atoms with Crippen LogP contribution in [0.3, 0.4) is 0 Å². The molecule has 0 radical (unpaired) electrons. The SMILES string of the molecule is CC(C)C(=O)Nc1ccc(CNC(=O)C(C)SCc2ccccc2)cc1. The third-order valence-electron chi connectivity index (χ3n) is 3.92. The van der Waals surface area contributed by atoms with Crippen LogP contribution < -0.4 is 10.6 Å². The van der Waals surface area contributed by atoms with Gasteiger partial charge in [0.2, 0.25) is 11.8 Å². The predicted octanol–water partition coefficient (Wildman–Crippen LogP) is 4.22. The van der Waals surface area contributed by atoms with Gasteiger partial charge in [0.1, 0.15) is 0 Å². The van der Waals surface area contributed by atoms with Gasteiger partial charge in [0, 0.05) is 23.9 Å². The van der Waals surface area contributed by atoms with Gasteiger partial charge in [-0.25, -0.2) is 0 Å². The molecule has 0 aliphatic heterocycles. The Morgan fingerprint density at radius 1 is 0.885 bits per heavy atom. The molecule has 1 unspecified atom stereocenters. The number of benzene rings is 2. The Kier molecular flexibility index (Phi) is 7.73. The van der Waals surface area contributed by atoms with E-state index in [9.17, 15) is 9.59 Å². The first-order chi connectivity index (χ1) is 12.5. The Morgan fingerprint density at radius 2 is 1.54 bits per heavy atom. The highest BCUT2D eigenvalue weighted by atomic mass is 32.2. The largest absolute Gasteiger partial charge is 0.351 e. The fourth-order valence-electron chi connectivity index (χ4n) is 2.20. The number of rotatable bonds is 8. The molecular weight excluding hydrogens is 344 g/mol. The summed E-state index contributed by atoms with van der Waals surface area (Å²) in [6.45, 7) is 6.12. The van der Waals surface area contributed by atoms with E-state index in [1.54, 1.807) is 11.8 Å². The molecule has 2 amide bonds. The molecule has 26 heavy (non-hydrogen) atoms. The zero-order chi connectivity index (χ0) is 18.9. The van der Waals surface area contributed by atoms with Crippen molar-refractivity contribution in [3.8, 4) is 0 Å². The van der Waals surface area contributed by atoms with Crippen LogP contribution in [0.2, 0.25) is 0 Å². The number of anilines is 1. The second-order valence-corrected chi connectivity index (χ2v) is 7.83. The first kappa shape index (κ1) is 20.0. The van der Waals surface area contributed by atoms with Crippen LogP contribution in [-0.2, 0) is 21.9 Å². The van der Waals surface area contributed by atoms with E-state index in [1.165, 1.54) is 5.56 Å². The van der Waals surface area contributed by atoms with E-state index >= 15 is 0 Å². The second-order valence-electron chi connectivity index (χ2n) is 6.50. The third-order valence-corrected chi connectivity index (χ3v) is 5.14. The van der Waals surface area contributed by atoms with Gasteiger partial charge in [-0.2, -0.15) is 0 Å². The smallest absolute Gasteiger partial charge is 0.233 e. The molecule has 2 aromatic carbocycles. The minimum Gasteiger partial charge on any atom is -0.351 e. The molecule has 4 nitrogen and oxygen atoms in total. The summed E-state index contributed by atoms with van der Waals surface area (Å²) in [5.74, 6) is 0.793. The quantitative estimate of drug-likeness (QED) is 0.731. The molecule has 0 spiro atoms. The molecule has 138 valence electrons. The van der Waals surface area contributed by atoms with Crippen LogP contribution in [-0.4, -0.2) is 17.1 Å². The van der Waals surface area contributed by atoms with Crippen molar-refractivity contribution < 1.29 is 9.59 Å². The van der Waals surface area contributed by atoms with Gasteiger partial charge in [-0.1, -0.05) is 56.3 Å². The van der Waals surface area contributed by atoms with E-state index in [1.807, 2.05) is 63.2 Å². The average molecular weight is 371 g/mol. The number of nitrogens with one attached hydrogen (secondary N) is 2. The Morgan fingerprint density at radius 3 is 2.15 bits per heavy atom. The number of carbonyl (C=O) groups is 2. The van der Waals surface area contributed by atoms with Crippen LogP contribution in [0.1, 0.15) is 31.9 Å². The van der Waals surface area contributed by atoms with E-state index < -0.39 is 0 Å². The topological polar surface area (TPSA) is 58.2 Å². The highest BCUT2D eigenvalue weighted by Crippen LogP contribution is 2.18. The van der Waals surface area contributed by atoms with E-state index in [0.29, 0.717) is 6.54 Å². The Hall–Kier alpha value is -2.27. The molecule has 0 bridgehead atoms. The van der Waals surface area contributed by atoms with Gasteiger partial charge in [-0.15, -0.1) is 11.8 Å². The summed E-state index contributed by atoms with van der Waals surface area (Å²) in [6, 6.07) is 17.7. The third kappa shape index (κ3) is 6.56. The van der Waals surface area contributed by atoms with Gasteiger partial charge in [0.05, 0.1) is 5.25 Å². The summed E-state index contributed by atoms with van der Waals surface area (Å²) >= 11 is 1.63. The van der Waals surface area contributed by atoms with E-state index in [2.05, 4.69) is 22.8 Å². The lowest BCUT2D eigenvalue weighted by Crippen LogP contribution is -2.30. The number of carbonyl (C=O) groups excluding carboxylic acids is 2. The highest BCUT2D eigenvalue weighted by Gasteiger charge is 2.13. The van der Waals surface area contributed by atoms with Gasteiger partial charge in [-0.3, -0.25) is 9.59 Å². The van der Waals surface area contributed by atoms with Crippen molar-refractivity contribution in [2.75, 3.05) is 5.32 Å². The zero-order valence-electron chi connectivity index (χ0n) is 15.5. The first-order valence-electron chi connectivity index (χ1n) is 8.78. The minimum absolute atomic E-state index is 0.00433. The van der Waals surface area contributed by atoms with E-state index in [-0.39, 0.29) is 23.0 Å². The Balaban J connectivity index is 1.76.